The van der Waals surface area contributed by atoms with Crippen molar-refractivity contribution in [1.29, 1.82) is 0 Å². The maximum atomic E-state index is 10.9. The van der Waals surface area contributed by atoms with Crippen molar-refractivity contribution < 1.29 is 9.66 Å². The zero-order chi connectivity index (χ0) is 24.7. The first-order valence-corrected chi connectivity index (χ1v) is 12.3. The van der Waals surface area contributed by atoms with Gasteiger partial charge >= 0.3 is 0 Å². The van der Waals surface area contributed by atoms with Crippen molar-refractivity contribution in [3.8, 4) is 22.6 Å². The molecule has 0 radical (unpaired) electrons. The average molecular weight is 495 g/mol. The van der Waals surface area contributed by atoms with Crippen LogP contribution in [0.1, 0.15) is 11.4 Å². The number of non-ortho nitro benzene ring substituents is 1. The standard InChI is InChI=1S/C28H22N4O3S/c33-32(34)25-15-11-21(12-16-25)20-36-28-30-29-27(31(28)24-9-5-2-6-10-24)19-35-26-17-13-23(14-18-26)22-7-3-1-4-8-22/h1-18H,19-20H2. The molecule has 5 aromatic rings. The number of nitro groups is 1. The van der Waals surface area contributed by atoms with E-state index < -0.39 is 4.92 Å². The van der Waals surface area contributed by atoms with Crippen LogP contribution in [0.25, 0.3) is 16.8 Å². The van der Waals surface area contributed by atoms with Gasteiger partial charge in [-0.3, -0.25) is 14.7 Å². The molecule has 0 aliphatic heterocycles. The highest BCUT2D eigenvalue weighted by atomic mass is 32.2. The molecule has 0 saturated heterocycles. The molecule has 1 heterocycles. The zero-order valence-electron chi connectivity index (χ0n) is 19.2. The van der Waals surface area contributed by atoms with Crippen molar-refractivity contribution in [1.82, 2.24) is 14.8 Å². The topological polar surface area (TPSA) is 83.1 Å². The second-order valence-electron chi connectivity index (χ2n) is 7.96. The predicted octanol–water partition coefficient (Wildman–Crippen LogP) is 6.71. The molecular formula is C28H22N4O3S. The molecular weight excluding hydrogens is 472 g/mol. The van der Waals surface area contributed by atoms with E-state index in [2.05, 4.69) is 22.3 Å². The van der Waals surface area contributed by atoms with Crippen LogP contribution in [0.2, 0.25) is 0 Å². The summed E-state index contributed by atoms with van der Waals surface area (Å²) in [7, 11) is 0. The Hall–Kier alpha value is -4.43. The van der Waals surface area contributed by atoms with Crippen molar-refractivity contribution in [3.05, 3.63) is 131 Å². The monoisotopic (exact) mass is 494 g/mol. The summed E-state index contributed by atoms with van der Waals surface area (Å²) in [5.41, 5.74) is 4.26. The summed E-state index contributed by atoms with van der Waals surface area (Å²) in [4.78, 5) is 10.5. The third-order valence-corrected chi connectivity index (χ3v) is 6.56. The summed E-state index contributed by atoms with van der Waals surface area (Å²) in [6, 6.07) is 34.6. The van der Waals surface area contributed by atoms with E-state index in [0.29, 0.717) is 11.6 Å². The highest BCUT2D eigenvalue weighted by Crippen LogP contribution is 2.27. The molecule has 36 heavy (non-hydrogen) atoms. The van der Waals surface area contributed by atoms with Crippen LogP contribution in [0.3, 0.4) is 0 Å². The molecule has 0 atom stereocenters. The van der Waals surface area contributed by atoms with Crippen molar-refractivity contribution in [3.63, 3.8) is 0 Å². The highest BCUT2D eigenvalue weighted by molar-refractivity contribution is 7.98. The van der Waals surface area contributed by atoms with Gasteiger partial charge in [0.05, 0.1) is 4.92 Å². The van der Waals surface area contributed by atoms with E-state index in [1.165, 1.54) is 23.9 Å². The summed E-state index contributed by atoms with van der Waals surface area (Å²) in [5.74, 6) is 2.03. The quantitative estimate of drug-likeness (QED) is 0.129. The van der Waals surface area contributed by atoms with Gasteiger partial charge < -0.3 is 4.74 Å². The molecule has 4 aromatic carbocycles. The third kappa shape index (κ3) is 5.45. The fourth-order valence-electron chi connectivity index (χ4n) is 3.71. The van der Waals surface area contributed by atoms with Crippen molar-refractivity contribution in [2.24, 2.45) is 0 Å². The van der Waals surface area contributed by atoms with Crippen LogP contribution in [-0.2, 0) is 12.4 Å². The van der Waals surface area contributed by atoms with Gasteiger partial charge in [0.25, 0.3) is 5.69 Å². The summed E-state index contributed by atoms with van der Waals surface area (Å²) < 4.78 is 8.04. The Balaban J connectivity index is 1.32. The Bertz CT molecular complexity index is 1440. The first kappa shape index (κ1) is 23.3. The van der Waals surface area contributed by atoms with Gasteiger partial charge in [0, 0.05) is 23.6 Å². The van der Waals surface area contributed by atoms with Crippen LogP contribution >= 0.6 is 11.8 Å². The first-order valence-electron chi connectivity index (χ1n) is 11.3. The van der Waals surface area contributed by atoms with Gasteiger partial charge in [-0.25, -0.2) is 0 Å². The number of para-hydroxylation sites is 1. The van der Waals surface area contributed by atoms with E-state index in [1.807, 2.05) is 77.4 Å². The van der Waals surface area contributed by atoms with Gasteiger partial charge in [0.15, 0.2) is 11.0 Å². The van der Waals surface area contributed by atoms with E-state index in [9.17, 15) is 10.1 Å². The minimum absolute atomic E-state index is 0.0763. The molecule has 0 fully saturated rings. The number of hydrogen-bond donors (Lipinski definition) is 0. The van der Waals surface area contributed by atoms with Gasteiger partial charge in [0.1, 0.15) is 12.4 Å². The van der Waals surface area contributed by atoms with Gasteiger partial charge in [-0.05, 0) is 41.0 Å². The average Bonchev–Trinajstić information content (AvgIpc) is 3.35. The first-order chi connectivity index (χ1) is 17.7. The minimum atomic E-state index is -0.398. The molecule has 0 spiro atoms. The molecule has 0 aliphatic rings. The Morgan fingerprint density at radius 3 is 2.08 bits per heavy atom. The summed E-state index contributed by atoms with van der Waals surface area (Å²) >= 11 is 1.52. The normalized spacial score (nSPS) is 10.8. The number of aromatic nitrogens is 3. The fourth-order valence-corrected chi connectivity index (χ4v) is 4.63. The highest BCUT2D eigenvalue weighted by Gasteiger charge is 2.16. The second-order valence-corrected chi connectivity index (χ2v) is 8.90. The molecule has 8 heteroatoms. The molecule has 0 aliphatic carbocycles. The predicted molar refractivity (Wildman–Crippen MR) is 140 cm³/mol. The van der Waals surface area contributed by atoms with Crippen LogP contribution in [-0.4, -0.2) is 19.7 Å². The Labute approximate surface area is 212 Å². The summed E-state index contributed by atoms with van der Waals surface area (Å²) in [6.45, 7) is 0.255. The molecule has 0 saturated carbocycles. The van der Waals surface area contributed by atoms with Crippen LogP contribution in [0.4, 0.5) is 5.69 Å². The van der Waals surface area contributed by atoms with E-state index in [-0.39, 0.29) is 12.3 Å². The molecule has 7 nitrogen and oxygen atoms in total. The van der Waals surface area contributed by atoms with Gasteiger partial charge in [0.2, 0.25) is 0 Å². The SMILES string of the molecule is O=[N+]([O-])c1ccc(CSc2nnc(COc3ccc(-c4ccccc4)cc3)n2-c2ccccc2)cc1. The summed E-state index contributed by atoms with van der Waals surface area (Å²) in [6.07, 6.45) is 0. The van der Waals surface area contributed by atoms with Crippen LogP contribution in [0, 0.1) is 10.1 Å². The number of ether oxygens (including phenoxy) is 1. The lowest BCUT2D eigenvalue weighted by Gasteiger charge is -2.11. The number of rotatable bonds is 9. The molecule has 5 rings (SSSR count). The van der Waals surface area contributed by atoms with Crippen molar-refractivity contribution in [2.75, 3.05) is 0 Å². The Morgan fingerprint density at radius 1 is 0.778 bits per heavy atom. The van der Waals surface area contributed by atoms with Crippen LogP contribution in [0.5, 0.6) is 5.75 Å². The van der Waals surface area contributed by atoms with E-state index in [4.69, 9.17) is 4.74 Å². The number of benzene rings is 4. The number of thioether (sulfide) groups is 1. The van der Waals surface area contributed by atoms with E-state index >= 15 is 0 Å². The molecule has 0 N–H and O–H groups in total. The smallest absolute Gasteiger partial charge is 0.269 e. The maximum Gasteiger partial charge on any atom is 0.269 e. The van der Waals surface area contributed by atoms with Crippen molar-refractivity contribution in [2.45, 2.75) is 17.5 Å². The van der Waals surface area contributed by atoms with Crippen LogP contribution < -0.4 is 4.74 Å². The fraction of sp³-hybridized carbons (Fsp3) is 0.0714. The number of nitrogens with zero attached hydrogens (tertiary/aromatic N) is 4. The van der Waals surface area contributed by atoms with Gasteiger partial charge in [-0.1, -0.05) is 84.6 Å². The zero-order valence-corrected chi connectivity index (χ0v) is 20.0. The largest absolute Gasteiger partial charge is 0.486 e. The Kier molecular flexibility index (Phi) is 7.05. The lowest BCUT2D eigenvalue weighted by atomic mass is 10.1. The molecule has 1 aromatic heterocycles. The number of nitro benzene ring substituents is 1. The van der Waals surface area contributed by atoms with Gasteiger partial charge in [-0.2, -0.15) is 0 Å². The lowest BCUT2D eigenvalue weighted by Crippen LogP contribution is -2.06. The molecule has 178 valence electrons. The summed E-state index contributed by atoms with van der Waals surface area (Å²) in [5, 5.41) is 20.4. The van der Waals surface area contributed by atoms with E-state index in [0.717, 1.165) is 33.3 Å². The van der Waals surface area contributed by atoms with E-state index in [1.54, 1.807) is 12.1 Å². The molecule has 0 amide bonds. The van der Waals surface area contributed by atoms with Gasteiger partial charge in [-0.15, -0.1) is 10.2 Å². The second kappa shape index (κ2) is 10.9. The lowest BCUT2D eigenvalue weighted by molar-refractivity contribution is -0.384. The minimum Gasteiger partial charge on any atom is -0.486 e. The number of hydrogen-bond acceptors (Lipinski definition) is 6. The van der Waals surface area contributed by atoms with Crippen molar-refractivity contribution >= 4 is 17.4 Å². The van der Waals surface area contributed by atoms with Crippen LogP contribution in [0.15, 0.2) is 114 Å². The maximum absolute atomic E-state index is 10.9. The molecule has 0 unspecified atom stereocenters. The molecule has 0 bridgehead atoms. The Morgan fingerprint density at radius 2 is 1.42 bits per heavy atom. The third-order valence-electron chi connectivity index (χ3n) is 5.56.